The molecule has 0 fully saturated rings. The molecule has 0 atom stereocenters. The summed E-state index contributed by atoms with van der Waals surface area (Å²) in [4.78, 5) is 24.0. The molecule has 0 saturated heterocycles. The molecule has 156 valence electrons. The smallest absolute Gasteiger partial charge is 0.462 e. The highest BCUT2D eigenvalue weighted by atomic mass is 19.4. The van der Waals surface area contributed by atoms with Gasteiger partial charge in [-0.3, -0.25) is 0 Å². The highest BCUT2D eigenvalue weighted by Gasteiger charge is 2.30. The number of hydrogen-bond acceptors (Lipinski definition) is 5. The summed E-state index contributed by atoms with van der Waals surface area (Å²) in [5.74, 6) is -1.43. The van der Waals surface area contributed by atoms with Gasteiger partial charge >= 0.3 is 18.3 Å². The summed E-state index contributed by atoms with van der Waals surface area (Å²) in [6.45, 7) is 2.28. The molecule has 2 aromatic carbocycles. The summed E-state index contributed by atoms with van der Waals surface area (Å²) >= 11 is 0. The lowest BCUT2D eigenvalue weighted by molar-refractivity contribution is -0.274. The van der Waals surface area contributed by atoms with Crippen LogP contribution in [-0.2, 0) is 16.1 Å². The molecule has 0 saturated carbocycles. The van der Waals surface area contributed by atoms with E-state index in [-0.39, 0.29) is 17.9 Å². The first kappa shape index (κ1) is 22.3. The molecule has 2 aromatic rings. The van der Waals surface area contributed by atoms with Crippen molar-refractivity contribution in [2.45, 2.75) is 39.2 Å². The Bertz CT molecular complexity index is 799. The monoisotopic (exact) mass is 410 g/mol. The van der Waals surface area contributed by atoms with E-state index in [1.165, 1.54) is 36.4 Å². The lowest BCUT2D eigenvalue weighted by atomic mass is 10.1. The van der Waals surface area contributed by atoms with Gasteiger partial charge in [0.1, 0.15) is 12.4 Å². The summed E-state index contributed by atoms with van der Waals surface area (Å²) in [6.07, 6.45) is -1.95. The lowest BCUT2D eigenvalue weighted by Gasteiger charge is -2.10. The van der Waals surface area contributed by atoms with E-state index in [0.717, 1.165) is 31.4 Å². The molecule has 0 aliphatic heterocycles. The average molecular weight is 410 g/mol. The first-order chi connectivity index (χ1) is 13.8. The van der Waals surface area contributed by atoms with Crippen LogP contribution in [-0.4, -0.2) is 24.9 Å². The Hall–Kier alpha value is -3.03. The third-order valence-corrected chi connectivity index (χ3v) is 3.86. The van der Waals surface area contributed by atoms with Gasteiger partial charge < -0.3 is 14.2 Å². The van der Waals surface area contributed by atoms with Gasteiger partial charge in [-0.1, -0.05) is 31.9 Å². The van der Waals surface area contributed by atoms with Gasteiger partial charge in [0.15, 0.2) is 0 Å². The number of ether oxygens (including phenoxy) is 3. The van der Waals surface area contributed by atoms with Crippen molar-refractivity contribution in [3.8, 4) is 5.75 Å². The Kier molecular flexibility index (Phi) is 8.06. The number of carbonyl (C=O) groups excluding carboxylic acids is 2. The van der Waals surface area contributed by atoms with Crippen LogP contribution in [0.5, 0.6) is 5.75 Å². The summed E-state index contributed by atoms with van der Waals surface area (Å²) in [6, 6.07) is 10.9. The normalized spacial score (nSPS) is 11.0. The van der Waals surface area contributed by atoms with Crippen molar-refractivity contribution in [1.29, 1.82) is 0 Å². The summed E-state index contributed by atoms with van der Waals surface area (Å²) < 4.78 is 50.4. The number of rotatable bonds is 9. The zero-order chi connectivity index (χ0) is 21.3. The van der Waals surface area contributed by atoms with Crippen molar-refractivity contribution < 1.29 is 37.0 Å². The molecule has 5 nitrogen and oxygen atoms in total. The van der Waals surface area contributed by atoms with Crippen molar-refractivity contribution >= 4 is 11.9 Å². The van der Waals surface area contributed by atoms with Gasteiger partial charge in [-0.15, -0.1) is 13.2 Å². The molecule has 0 N–H and O–H groups in total. The Balaban J connectivity index is 1.84. The predicted octanol–water partition coefficient (Wildman–Crippen LogP) is 5.29. The zero-order valence-corrected chi connectivity index (χ0v) is 15.8. The number of unbranched alkanes of at least 4 members (excludes halogenated alkanes) is 2. The first-order valence-electron chi connectivity index (χ1n) is 9.07. The quantitative estimate of drug-likeness (QED) is 0.415. The van der Waals surface area contributed by atoms with Crippen molar-refractivity contribution in [2.75, 3.05) is 6.61 Å². The molecule has 0 aliphatic carbocycles. The van der Waals surface area contributed by atoms with Gasteiger partial charge in [-0.05, 0) is 48.4 Å². The second-order valence-corrected chi connectivity index (χ2v) is 6.19. The molecule has 0 aromatic heterocycles. The highest BCUT2D eigenvalue weighted by molar-refractivity contribution is 5.93. The Morgan fingerprint density at radius 2 is 1.38 bits per heavy atom. The molecule has 29 heavy (non-hydrogen) atoms. The van der Waals surface area contributed by atoms with Crippen LogP contribution in [0.1, 0.15) is 52.5 Å². The molecule has 0 bridgehead atoms. The molecule has 0 amide bonds. The zero-order valence-electron chi connectivity index (χ0n) is 15.8. The van der Waals surface area contributed by atoms with E-state index in [2.05, 4.69) is 11.7 Å². The van der Waals surface area contributed by atoms with E-state index in [0.29, 0.717) is 17.7 Å². The minimum Gasteiger partial charge on any atom is -0.462 e. The second kappa shape index (κ2) is 10.5. The molecule has 0 unspecified atom stereocenters. The minimum absolute atomic E-state index is 0.119. The van der Waals surface area contributed by atoms with Gasteiger partial charge in [-0.25, -0.2) is 9.59 Å². The molecule has 2 rings (SSSR count). The molecule has 0 heterocycles. The average Bonchev–Trinajstić information content (AvgIpc) is 2.69. The van der Waals surface area contributed by atoms with Gasteiger partial charge in [-0.2, -0.15) is 0 Å². The lowest BCUT2D eigenvalue weighted by Crippen LogP contribution is -2.17. The Morgan fingerprint density at radius 3 is 1.90 bits per heavy atom. The number of esters is 2. The predicted molar refractivity (Wildman–Crippen MR) is 98.5 cm³/mol. The maximum Gasteiger partial charge on any atom is 0.573 e. The van der Waals surface area contributed by atoms with Gasteiger partial charge in [0.2, 0.25) is 0 Å². The van der Waals surface area contributed by atoms with Crippen molar-refractivity contribution in [3.63, 3.8) is 0 Å². The number of benzene rings is 2. The largest absolute Gasteiger partial charge is 0.573 e. The Labute approximate surface area is 166 Å². The number of alkyl halides is 3. The van der Waals surface area contributed by atoms with Crippen LogP contribution in [0.15, 0.2) is 48.5 Å². The van der Waals surface area contributed by atoms with E-state index in [1.54, 1.807) is 0 Å². The number of carbonyl (C=O) groups is 2. The maximum absolute atomic E-state index is 12.1. The molecule has 0 radical (unpaired) electrons. The molecular weight excluding hydrogens is 389 g/mol. The van der Waals surface area contributed by atoms with E-state index in [9.17, 15) is 22.8 Å². The number of hydrogen-bond donors (Lipinski definition) is 0. The SMILES string of the molecule is CCCCCOC(=O)c1ccc(C(=O)OCc2ccc(OC(F)(F)F)cc2)cc1. The van der Waals surface area contributed by atoms with Crippen LogP contribution in [0.2, 0.25) is 0 Å². The van der Waals surface area contributed by atoms with Crippen LogP contribution >= 0.6 is 0 Å². The molecule has 8 heteroatoms. The van der Waals surface area contributed by atoms with Crippen LogP contribution in [0, 0.1) is 0 Å². The molecule has 0 spiro atoms. The van der Waals surface area contributed by atoms with Gasteiger partial charge in [0.25, 0.3) is 0 Å². The third kappa shape index (κ3) is 7.85. The van der Waals surface area contributed by atoms with E-state index >= 15 is 0 Å². The van der Waals surface area contributed by atoms with E-state index < -0.39 is 18.3 Å². The third-order valence-electron chi connectivity index (χ3n) is 3.86. The summed E-state index contributed by atoms with van der Waals surface area (Å²) in [5, 5.41) is 0. The van der Waals surface area contributed by atoms with Crippen LogP contribution in [0.4, 0.5) is 13.2 Å². The van der Waals surface area contributed by atoms with Crippen LogP contribution in [0.25, 0.3) is 0 Å². The topological polar surface area (TPSA) is 61.8 Å². The van der Waals surface area contributed by atoms with Crippen molar-refractivity contribution in [1.82, 2.24) is 0 Å². The molecular formula is C21H21F3O5. The fourth-order valence-corrected chi connectivity index (χ4v) is 2.36. The van der Waals surface area contributed by atoms with Crippen molar-refractivity contribution in [3.05, 3.63) is 65.2 Å². The van der Waals surface area contributed by atoms with E-state index in [1.807, 2.05) is 0 Å². The van der Waals surface area contributed by atoms with Gasteiger partial charge in [0.05, 0.1) is 17.7 Å². The summed E-state index contributed by atoms with van der Waals surface area (Å²) in [7, 11) is 0. The number of halogens is 3. The van der Waals surface area contributed by atoms with Crippen molar-refractivity contribution in [2.24, 2.45) is 0 Å². The van der Waals surface area contributed by atoms with E-state index in [4.69, 9.17) is 9.47 Å². The Morgan fingerprint density at radius 1 is 0.828 bits per heavy atom. The van der Waals surface area contributed by atoms with Gasteiger partial charge in [0, 0.05) is 0 Å². The standard InChI is InChI=1S/C21H21F3O5/c1-2-3-4-13-27-19(25)16-7-9-17(10-8-16)20(26)28-14-15-5-11-18(12-6-15)29-21(22,23)24/h5-12H,2-4,13-14H2,1H3. The maximum atomic E-state index is 12.1. The fourth-order valence-electron chi connectivity index (χ4n) is 2.36. The summed E-state index contributed by atoms with van der Waals surface area (Å²) in [5.41, 5.74) is 1.07. The molecule has 0 aliphatic rings. The first-order valence-corrected chi connectivity index (χ1v) is 9.07. The highest BCUT2D eigenvalue weighted by Crippen LogP contribution is 2.23. The second-order valence-electron chi connectivity index (χ2n) is 6.19. The van der Waals surface area contributed by atoms with Crippen LogP contribution in [0.3, 0.4) is 0 Å². The minimum atomic E-state index is -4.76. The fraction of sp³-hybridized carbons (Fsp3) is 0.333. The van der Waals surface area contributed by atoms with Crippen LogP contribution < -0.4 is 4.74 Å².